The summed E-state index contributed by atoms with van der Waals surface area (Å²) in [5.74, 6) is -0.272. The van der Waals surface area contributed by atoms with Crippen molar-refractivity contribution in [2.75, 3.05) is 26.2 Å². The normalized spacial score (nSPS) is 17.1. The first kappa shape index (κ1) is 20.7. The standard InChI is InChI=1S/C21H24ClN3O2S/c1-15(28-18-5-3-2-4-6-18)21(27)25-13-11-24(12-14-25)19(20(23)26)16-7-9-17(22)10-8-16/h2-10,15,19H,11-14H2,1H3,(H2,23,26)/t15-,19-/m0/s1. The first-order valence-corrected chi connectivity index (χ1v) is 10.5. The van der Waals surface area contributed by atoms with Crippen LogP contribution in [0.4, 0.5) is 0 Å². The number of rotatable bonds is 6. The Kier molecular flexibility index (Phi) is 6.99. The van der Waals surface area contributed by atoms with Gasteiger partial charge in [0.25, 0.3) is 0 Å². The fourth-order valence-corrected chi connectivity index (χ4v) is 4.51. The Bertz CT molecular complexity index is 808. The Balaban J connectivity index is 1.60. The average Bonchev–Trinajstić information content (AvgIpc) is 2.70. The predicted molar refractivity (Wildman–Crippen MR) is 113 cm³/mol. The fourth-order valence-electron chi connectivity index (χ4n) is 3.41. The van der Waals surface area contributed by atoms with Gasteiger partial charge in [0.15, 0.2) is 0 Å². The number of carbonyl (C=O) groups excluding carboxylic acids is 2. The van der Waals surface area contributed by atoms with Gasteiger partial charge in [-0.1, -0.05) is 41.9 Å². The van der Waals surface area contributed by atoms with Crippen LogP contribution in [0.3, 0.4) is 0 Å². The van der Waals surface area contributed by atoms with E-state index in [0.717, 1.165) is 10.5 Å². The number of nitrogens with two attached hydrogens (primary N) is 1. The molecule has 0 radical (unpaired) electrons. The van der Waals surface area contributed by atoms with Crippen molar-refractivity contribution in [1.82, 2.24) is 9.80 Å². The Labute approximate surface area is 174 Å². The average molecular weight is 418 g/mol. The molecule has 2 N–H and O–H groups in total. The van der Waals surface area contributed by atoms with Crippen molar-refractivity contribution in [2.45, 2.75) is 23.1 Å². The molecule has 0 saturated carbocycles. The van der Waals surface area contributed by atoms with E-state index in [-0.39, 0.29) is 11.2 Å². The molecule has 2 aromatic carbocycles. The zero-order valence-electron chi connectivity index (χ0n) is 15.8. The molecule has 0 aromatic heterocycles. The zero-order chi connectivity index (χ0) is 20.1. The van der Waals surface area contributed by atoms with E-state index in [1.165, 1.54) is 0 Å². The van der Waals surface area contributed by atoms with Gasteiger partial charge < -0.3 is 10.6 Å². The Morgan fingerprint density at radius 1 is 1.00 bits per heavy atom. The highest BCUT2D eigenvalue weighted by Crippen LogP contribution is 2.26. The molecule has 2 atom stereocenters. The lowest BCUT2D eigenvalue weighted by molar-refractivity contribution is -0.133. The van der Waals surface area contributed by atoms with Crippen LogP contribution in [0.15, 0.2) is 59.5 Å². The van der Waals surface area contributed by atoms with Crippen molar-refractivity contribution < 1.29 is 9.59 Å². The summed E-state index contributed by atoms with van der Waals surface area (Å²) < 4.78 is 0. The molecular weight excluding hydrogens is 394 g/mol. The Morgan fingerprint density at radius 3 is 2.18 bits per heavy atom. The van der Waals surface area contributed by atoms with Crippen molar-refractivity contribution in [3.05, 3.63) is 65.2 Å². The molecule has 148 valence electrons. The molecule has 1 aliphatic heterocycles. The van der Waals surface area contributed by atoms with Gasteiger partial charge in [-0.05, 0) is 36.8 Å². The second-order valence-corrected chi connectivity index (χ2v) is 8.64. The molecule has 1 heterocycles. The highest BCUT2D eigenvalue weighted by atomic mass is 35.5. The van der Waals surface area contributed by atoms with E-state index in [4.69, 9.17) is 17.3 Å². The first-order chi connectivity index (χ1) is 13.5. The molecule has 2 amide bonds. The highest BCUT2D eigenvalue weighted by molar-refractivity contribution is 8.00. The first-order valence-electron chi connectivity index (χ1n) is 9.25. The van der Waals surface area contributed by atoms with Crippen LogP contribution >= 0.6 is 23.4 Å². The lowest BCUT2D eigenvalue weighted by atomic mass is 10.0. The predicted octanol–water partition coefficient (Wildman–Crippen LogP) is 3.19. The molecule has 0 aliphatic carbocycles. The van der Waals surface area contributed by atoms with Crippen LogP contribution in [-0.4, -0.2) is 53.0 Å². The number of hydrogen-bond acceptors (Lipinski definition) is 4. The number of thioether (sulfide) groups is 1. The van der Waals surface area contributed by atoms with Gasteiger partial charge in [0.1, 0.15) is 6.04 Å². The number of carbonyl (C=O) groups is 2. The summed E-state index contributed by atoms with van der Waals surface area (Å²) >= 11 is 7.51. The fraction of sp³-hybridized carbons (Fsp3) is 0.333. The molecule has 28 heavy (non-hydrogen) atoms. The topological polar surface area (TPSA) is 66.6 Å². The number of piperazine rings is 1. The van der Waals surface area contributed by atoms with Gasteiger partial charge in [-0.15, -0.1) is 11.8 Å². The minimum atomic E-state index is -0.509. The van der Waals surface area contributed by atoms with Crippen LogP contribution in [0.1, 0.15) is 18.5 Å². The molecule has 2 aromatic rings. The van der Waals surface area contributed by atoms with Gasteiger partial charge in [-0.3, -0.25) is 14.5 Å². The molecular formula is C21H24ClN3O2S. The van der Waals surface area contributed by atoms with Crippen LogP contribution in [0.25, 0.3) is 0 Å². The molecule has 3 rings (SSSR count). The minimum absolute atomic E-state index is 0.121. The van der Waals surface area contributed by atoms with Crippen LogP contribution in [-0.2, 0) is 9.59 Å². The smallest absolute Gasteiger partial charge is 0.239 e. The molecule has 7 heteroatoms. The molecule has 1 saturated heterocycles. The lowest BCUT2D eigenvalue weighted by Crippen LogP contribution is -2.53. The summed E-state index contributed by atoms with van der Waals surface area (Å²) in [6.45, 7) is 4.30. The maximum Gasteiger partial charge on any atom is 0.239 e. The monoisotopic (exact) mass is 417 g/mol. The molecule has 0 unspecified atom stereocenters. The van der Waals surface area contributed by atoms with Gasteiger partial charge in [-0.25, -0.2) is 0 Å². The quantitative estimate of drug-likeness (QED) is 0.733. The Hall–Kier alpha value is -2.02. The van der Waals surface area contributed by atoms with Crippen LogP contribution < -0.4 is 5.73 Å². The van der Waals surface area contributed by atoms with Gasteiger partial charge in [0, 0.05) is 36.1 Å². The zero-order valence-corrected chi connectivity index (χ0v) is 17.3. The number of amides is 2. The third-order valence-electron chi connectivity index (χ3n) is 4.85. The van der Waals surface area contributed by atoms with E-state index in [1.54, 1.807) is 23.9 Å². The van der Waals surface area contributed by atoms with Crippen molar-refractivity contribution in [3.8, 4) is 0 Å². The largest absolute Gasteiger partial charge is 0.368 e. The number of nitrogens with zero attached hydrogens (tertiary/aromatic N) is 2. The van der Waals surface area contributed by atoms with Gasteiger partial charge >= 0.3 is 0 Å². The van der Waals surface area contributed by atoms with E-state index in [2.05, 4.69) is 0 Å². The van der Waals surface area contributed by atoms with Crippen molar-refractivity contribution in [1.29, 1.82) is 0 Å². The number of hydrogen-bond donors (Lipinski definition) is 1. The molecule has 0 spiro atoms. The van der Waals surface area contributed by atoms with Crippen molar-refractivity contribution >= 4 is 35.2 Å². The number of primary amides is 1. The third-order valence-corrected chi connectivity index (χ3v) is 6.20. The summed E-state index contributed by atoms with van der Waals surface area (Å²) in [5, 5.41) is 0.462. The van der Waals surface area contributed by atoms with E-state index in [1.807, 2.05) is 59.2 Å². The van der Waals surface area contributed by atoms with Gasteiger partial charge in [0.2, 0.25) is 11.8 Å². The van der Waals surface area contributed by atoms with Crippen LogP contribution in [0.5, 0.6) is 0 Å². The van der Waals surface area contributed by atoms with Crippen molar-refractivity contribution in [2.24, 2.45) is 5.73 Å². The highest BCUT2D eigenvalue weighted by Gasteiger charge is 2.31. The molecule has 1 fully saturated rings. The molecule has 5 nitrogen and oxygen atoms in total. The summed E-state index contributed by atoms with van der Waals surface area (Å²) in [6.07, 6.45) is 0. The van der Waals surface area contributed by atoms with E-state index >= 15 is 0 Å². The van der Waals surface area contributed by atoms with Crippen molar-refractivity contribution in [3.63, 3.8) is 0 Å². The molecule has 1 aliphatic rings. The van der Waals surface area contributed by atoms with Gasteiger partial charge in [-0.2, -0.15) is 0 Å². The summed E-state index contributed by atoms with van der Waals surface area (Å²) in [7, 11) is 0. The van der Waals surface area contributed by atoms with E-state index < -0.39 is 11.9 Å². The van der Waals surface area contributed by atoms with Crippen LogP contribution in [0, 0.1) is 0 Å². The van der Waals surface area contributed by atoms with E-state index in [9.17, 15) is 9.59 Å². The lowest BCUT2D eigenvalue weighted by Gasteiger charge is -2.39. The van der Waals surface area contributed by atoms with E-state index in [0.29, 0.717) is 31.2 Å². The summed E-state index contributed by atoms with van der Waals surface area (Å²) in [5.41, 5.74) is 6.49. The number of halogens is 1. The maximum absolute atomic E-state index is 12.8. The summed E-state index contributed by atoms with van der Waals surface area (Å²) in [6, 6.07) is 16.6. The second-order valence-electron chi connectivity index (χ2n) is 6.79. The maximum atomic E-state index is 12.8. The molecule has 0 bridgehead atoms. The Morgan fingerprint density at radius 2 is 1.61 bits per heavy atom. The minimum Gasteiger partial charge on any atom is -0.368 e. The number of benzene rings is 2. The second kappa shape index (κ2) is 9.45. The SMILES string of the molecule is C[C@H](Sc1ccccc1)C(=O)N1CCN([C@H](C(N)=O)c2ccc(Cl)cc2)CC1. The summed E-state index contributed by atoms with van der Waals surface area (Å²) in [4.78, 5) is 29.9. The van der Waals surface area contributed by atoms with Crippen LogP contribution in [0.2, 0.25) is 5.02 Å². The third kappa shape index (κ3) is 5.07. The van der Waals surface area contributed by atoms with Gasteiger partial charge in [0.05, 0.1) is 5.25 Å².